The third-order valence-electron chi connectivity index (χ3n) is 2.99. The van der Waals surface area contributed by atoms with Crippen molar-refractivity contribution in [1.82, 2.24) is 0 Å². The highest BCUT2D eigenvalue weighted by atomic mass is 79.9. The fourth-order valence-electron chi connectivity index (χ4n) is 1.81. The van der Waals surface area contributed by atoms with Crippen molar-refractivity contribution in [3.8, 4) is 0 Å². The van der Waals surface area contributed by atoms with Crippen LogP contribution in [0.15, 0.2) is 34.8 Å². The Balaban J connectivity index is 2.32. The monoisotopic (exact) mass is 368 g/mol. The molecule has 6 heteroatoms. The van der Waals surface area contributed by atoms with Crippen LogP contribution in [-0.4, -0.2) is 13.1 Å². The van der Waals surface area contributed by atoms with Gasteiger partial charge in [-0.05, 0) is 58.7 Å². The lowest BCUT2D eigenvalue weighted by Gasteiger charge is -2.13. The third-order valence-corrected chi connectivity index (χ3v) is 4.05. The highest BCUT2D eigenvalue weighted by Gasteiger charge is 2.10. The van der Waals surface area contributed by atoms with Gasteiger partial charge in [-0.25, -0.2) is 4.79 Å². The summed E-state index contributed by atoms with van der Waals surface area (Å²) in [6, 6.07) is 8.67. The molecule has 3 N–H and O–H groups in total. The summed E-state index contributed by atoms with van der Waals surface area (Å²) in [6.07, 6.45) is 0. The molecule has 0 spiro atoms. The first-order valence-electron chi connectivity index (χ1n) is 6.13. The summed E-state index contributed by atoms with van der Waals surface area (Å²) in [7, 11) is 1.33. The summed E-state index contributed by atoms with van der Waals surface area (Å²) < 4.78 is 5.53. The maximum atomic E-state index is 11.4. The molecule has 0 saturated carbocycles. The lowest BCUT2D eigenvalue weighted by atomic mass is 10.1. The summed E-state index contributed by atoms with van der Waals surface area (Å²) in [6.45, 7) is 1.93. The summed E-state index contributed by atoms with van der Waals surface area (Å²) in [5.74, 6) is -0.423. The quantitative estimate of drug-likeness (QED) is 0.616. The zero-order chi connectivity index (χ0) is 15.6. The molecule has 0 aliphatic heterocycles. The van der Waals surface area contributed by atoms with Gasteiger partial charge in [-0.15, -0.1) is 0 Å². The van der Waals surface area contributed by atoms with E-state index in [-0.39, 0.29) is 0 Å². The number of nitrogen functional groups attached to an aromatic ring is 1. The second kappa shape index (κ2) is 6.37. The Hall–Kier alpha value is -1.72. The second-order valence-electron chi connectivity index (χ2n) is 4.50. The van der Waals surface area contributed by atoms with Crippen LogP contribution >= 0.6 is 27.5 Å². The molecule has 0 bridgehead atoms. The van der Waals surface area contributed by atoms with Crippen molar-refractivity contribution in [3.63, 3.8) is 0 Å². The Morgan fingerprint density at radius 3 is 2.62 bits per heavy atom. The summed E-state index contributed by atoms with van der Waals surface area (Å²) in [4.78, 5) is 11.4. The minimum Gasteiger partial charge on any atom is -0.465 e. The molecule has 0 atom stereocenters. The van der Waals surface area contributed by atoms with Gasteiger partial charge in [-0.2, -0.15) is 0 Å². The first kappa shape index (κ1) is 15.7. The number of hydrogen-bond acceptors (Lipinski definition) is 4. The number of nitrogens with one attached hydrogen (secondary N) is 1. The van der Waals surface area contributed by atoms with Crippen molar-refractivity contribution in [2.75, 3.05) is 18.2 Å². The molecule has 2 rings (SSSR count). The van der Waals surface area contributed by atoms with E-state index in [0.717, 1.165) is 15.7 Å². The highest BCUT2D eigenvalue weighted by Crippen LogP contribution is 2.33. The van der Waals surface area contributed by atoms with E-state index in [1.807, 2.05) is 19.1 Å². The largest absolute Gasteiger partial charge is 0.465 e. The molecule has 0 fully saturated rings. The van der Waals surface area contributed by atoms with Gasteiger partial charge >= 0.3 is 5.97 Å². The molecule has 0 aromatic heterocycles. The lowest BCUT2D eigenvalue weighted by molar-refractivity contribution is 0.0601. The normalized spacial score (nSPS) is 10.3. The van der Waals surface area contributed by atoms with E-state index in [1.54, 1.807) is 18.2 Å². The average molecular weight is 370 g/mol. The van der Waals surface area contributed by atoms with E-state index in [9.17, 15) is 4.79 Å². The SMILES string of the molecule is COC(=O)c1ccc(Nc2cc(Cl)c(C)cc2Br)c(N)c1. The number of methoxy groups -OCH3 is 1. The number of carbonyl (C=O) groups excluding carboxylic acids is 1. The summed E-state index contributed by atoms with van der Waals surface area (Å²) >= 11 is 9.60. The fraction of sp³-hybridized carbons (Fsp3) is 0.133. The maximum absolute atomic E-state index is 11.4. The molecule has 0 aliphatic carbocycles. The van der Waals surface area contributed by atoms with Crippen LogP contribution in [0.4, 0.5) is 17.1 Å². The van der Waals surface area contributed by atoms with Crippen LogP contribution in [0.25, 0.3) is 0 Å². The van der Waals surface area contributed by atoms with Crippen molar-refractivity contribution in [2.45, 2.75) is 6.92 Å². The summed E-state index contributed by atoms with van der Waals surface area (Å²) in [5.41, 5.74) is 9.26. The summed E-state index contributed by atoms with van der Waals surface area (Å²) in [5, 5.41) is 3.84. The predicted molar refractivity (Wildman–Crippen MR) is 89.4 cm³/mol. The first-order chi connectivity index (χ1) is 9.92. The lowest BCUT2D eigenvalue weighted by Crippen LogP contribution is -2.04. The van der Waals surface area contributed by atoms with Gasteiger partial charge < -0.3 is 15.8 Å². The Labute approximate surface area is 136 Å². The van der Waals surface area contributed by atoms with Crippen molar-refractivity contribution in [2.24, 2.45) is 0 Å². The van der Waals surface area contributed by atoms with Gasteiger partial charge in [0.1, 0.15) is 0 Å². The maximum Gasteiger partial charge on any atom is 0.337 e. The Kier molecular flexibility index (Phi) is 4.75. The smallest absolute Gasteiger partial charge is 0.337 e. The van der Waals surface area contributed by atoms with Gasteiger partial charge in [-0.3, -0.25) is 0 Å². The van der Waals surface area contributed by atoms with Gasteiger partial charge in [0.25, 0.3) is 0 Å². The molecular weight excluding hydrogens is 356 g/mol. The van der Waals surface area contributed by atoms with Crippen molar-refractivity contribution in [3.05, 3.63) is 51.0 Å². The Morgan fingerprint density at radius 1 is 1.29 bits per heavy atom. The van der Waals surface area contributed by atoms with E-state index in [2.05, 4.69) is 26.0 Å². The van der Waals surface area contributed by atoms with Crippen LogP contribution in [0.1, 0.15) is 15.9 Å². The van der Waals surface area contributed by atoms with Crippen LogP contribution in [0.2, 0.25) is 5.02 Å². The molecule has 0 saturated heterocycles. The van der Waals surface area contributed by atoms with Crippen LogP contribution in [0, 0.1) is 6.92 Å². The van der Waals surface area contributed by atoms with Gasteiger partial charge in [0.2, 0.25) is 0 Å². The van der Waals surface area contributed by atoms with E-state index in [0.29, 0.717) is 22.0 Å². The topological polar surface area (TPSA) is 64.3 Å². The standard InChI is InChI=1S/C15H14BrClN2O2/c1-8-5-10(16)14(7-11(8)17)19-13-4-3-9(6-12(13)18)15(20)21-2/h3-7,19H,18H2,1-2H3. The number of carbonyl (C=O) groups is 1. The second-order valence-corrected chi connectivity index (χ2v) is 5.76. The Morgan fingerprint density at radius 2 is 2.00 bits per heavy atom. The number of ether oxygens (including phenoxy) is 1. The molecule has 0 amide bonds. The van der Waals surface area contributed by atoms with Crippen molar-refractivity contribution >= 4 is 50.6 Å². The van der Waals surface area contributed by atoms with E-state index >= 15 is 0 Å². The van der Waals surface area contributed by atoms with Crippen molar-refractivity contribution in [1.29, 1.82) is 0 Å². The molecule has 0 unspecified atom stereocenters. The number of benzene rings is 2. The van der Waals surface area contributed by atoms with E-state index in [1.165, 1.54) is 7.11 Å². The number of hydrogen-bond donors (Lipinski definition) is 2. The number of aryl methyl sites for hydroxylation is 1. The van der Waals surface area contributed by atoms with Gasteiger partial charge in [0, 0.05) is 9.50 Å². The van der Waals surface area contributed by atoms with Crippen LogP contribution in [0.3, 0.4) is 0 Å². The number of halogens is 2. The molecule has 0 aliphatic rings. The molecule has 0 heterocycles. The zero-order valence-electron chi connectivity index (χ0n) is 11.5. The first-order valence-corrected chi connectivity index (χ1v) is 7.30. The Bertz CT molecular complexity index is 704. The minimum atomic E-state index is -0.423. The number of rotatable bonds is 3. The highest BCUT2D eigenvalue weighted by molar-refractivity contribution is 9.10. The fourth-order valence-corrected chi connectivity index (χ4v) is 2.53. The van der Waals surface area contributed by atoms with Crippen LogP contribution < -0.4 is 11.1 Å². The van der Waals surface area contributed by atoms with Crippen molar-refractivity contribution < 1.29 is 9.53 Å². The number of anilines is 3. The number of esters is 1. The van der Waals surface area contributed by atoms with Gasteiger partial charge in [-0.1, -0.05) is 11.6 Å². The molecular formula is C15H14BrClN2O2. The van der Waals surface area contributed by atoms with Crippen LogP contribution in [-0.2, 0) is 4.74 Å². The zero-order valence-corrected chi connectivity index (χ0v) is 13.9. The van der Waals surface area contributed by atoms with E-state index < -0.39 is 5.97 Å². The van der Waals surface area contributed by atoms with Crippen LogP contribution in [0.5, 0.6) is 0 Å². The molecule has 21 heavy (non-hydrogen) atoms. The van der Waals surface area contributed by atoms with Gasteiger partial charge in [0.15, 0.2) is 0 Å². The molecule has 110 valence electrons. The van der Waals surface area contributed by atoms with E-state index in [4.69, 9.17) is 17.3 Å². The van der Waals surface area contributed by atoms with Gasteiger partial charge in [0.05, 0.1) is 29.7 Å². The average Bonchev–Trinajstić information content (AvgIpc) is 2.45. The molecule has 4 nitrogen and oxygen atoms in total. The minimum absolute atomic E-state index is 0.404. The molecule has 0 radical (unpaired) electrons. The third kappa shape index (κ3) is 3.49. The molecule has 2 aromatic carbocycles. The number of nitrogens with two attached hydrogens (primary N) is 1. The molecule has 2 aromatic rings. The predicted octanol–water partition coefficient (Wildman–Crippen LogP) is 4.52.